The molecular formula is C19H26N6O3S. The molecule has 10 heteroatoms. The summed E-state index contributed by atoms with van der Waals surface area (Å²) in [6.07, 6.45) is 6.01. The first-order valence-electron chi connectivity index (χ1n) is 9.47. The van der Waals surface area contributed by atoms with Crippen molar-refractivity contribution in [3.8, 4) is 5.88 Å². The van der Waals surface area contributed by atoms with E-state index in [1.165, 1.54) is 4.85 Å². The maximum Gasteiger partial charge on any atom is 0.416 e. The molecule has 0 saturated carbocycles. The zero-order chi connectivity index (χ0) is 20.9. The molecule has 1 fully saturated rings. The summed E-state index contributed by atoms with van der Waals surface area (Å²) in [5.74, 6) is 0.241. The average molecular weight is 419 g/mol. The standard InChI is InChI=1S/C19H26N6O3S/c1-19(2,3)23-17(29)22-14-5-6-16(20-13-14)27-18(26)24-11-7-15(8-12-24)28-25-10-4-9-21-25/h4-6,9-10,13,15H,7-8,11-12H2,1-3H3,(H2,22,23,29). The fourth-order valence-electron chi connectivity index (χ4n) is 2.79. The average Bonchev–Trinajstić information content (AvgIpc) is 3.15. The number of likely N-dealkylation sites (tertiary alicyclic amines) is 1. The highest BCUT2D eigenvalue weighted by Gasteiger charge is 2.26. The van der Waals surface area contributed by atoms with Gasteiger partial charge in [0.1, 0.15) is 6.10 Å². The molecule has 9 nitrogen and oxygen atoms in total. The van der Waals surface area contributed by atoms with Crippen molar-refractivity contribution in [1.82, 2.24) is 25.1 Å². The molecular weight excluding hydrogens is 392 g/mol. The van der Waals surface area contributed by atoms with Crippen LogP contribution in [0.1, 0.15) is 33.6 Å². The van der Waals surface area contributed by atoms with Crippen LogP contribution in [0.15, 0.2) is 36.8 Å². The van der Waals surface area contributed by atoms with E-state index in [4.69, 9.17) is 21.8 Å². The van der Waals surface area contributed by atoms with Crippen LogP contribution in [0.5, 0.6) is 5.88 Å². The molecule has 0 atom stereocenters. The van der Waals surface area contributed by atoms with Gasteiger partial charge in [0, 0.05) is 37.5 Å². The predicted octanol–water partition coefficient (Wildman–Crippen LogP) is 2.46. The van der Waals surface area contributed by atoms with E-state index in [0.717, 1.165) is 0 Å². The summed E-state index contributed by atoms with van der Waals surface area (Å²) in [5.41, 5.74) is 0.576. The first kappa shape index (κ1) is 20.8. The van der Waals surface area contributed by atoms with Crippen LogP contribution in [0.4, 0.5) is 10.5 Å². The summed E-state index contributed by atoms with van der Waals surface area (Å²) in [6.45, 7) is 7.17. The van der Waals surface area contributed by atoms with Crippen LogP contribution in [0, 0.1) is 0 Å². The topological polar surface area (TPSA) is 93.5 Å². The zero-order valence-corrected chi connectivity index (χ0v) is 17.6. The van der Waals surface area contributed by atoms with Crippen molar-refractivity contribution in [2.45, 2.75) is 45.3 Å². The number of carbonyl (C=O) groups is 1. The Morgan fingerprint density at radius 2 is 2.03 bits per heavy atom. The highest BCUT2D eigenvalue weighted by molar-refractivity contribution is 7.80. The molecule has 1 aliphatic rings. The Kier molecular flexibility index (Phi) is 6.53. The van der Waals surface area contributed by atoms with Crippen molar-refractivity contribution >= 4 is 29.1 Å². The third kappa shape index (κ3) is 6.60. The van der Waals surface area contributed by atoms with Crippen LogP contribution >= 0.6 is 12.2 Å². The third-order valence-electron chi connectivity index (χ3n) is 4.11. The number of thiocarbonyl (C=S) groups is 1. The Hall–Kier alpha value is -2.88. The van der Waals surface area contributed by atoms with Crippen molar-refractivity contribution in [1.29, 1.82) is 0 Å². The molecule has 1 saturated heterocycles. The van der Waals surface area contributed by atoms with E-state index in [9.17, 15) is 4.79 Å². The van der Waals surface area contributed by atoms with E-state index in [1.807, 2.05) is 20.8 Å². The molecule has 0 radical (unpaired) electrons. The number of carbonyl (C=O) groups excluding carboxylic acids is 1. The minimum Gasteiger partial charge on any atom is -0.393 e. The van der Waals surface area contributed by atoms with Gasteiger partial charge in [0.05, 0.1) is 24.3 Å². The number of piperidine rings is 1. The number of rotatable bonds is 4. The summed E-state index contributed by atoms with van der Waals surface area (Å²) in [4.78, 5) is 25.3. The van der Waals surface area contributed by atoms with Crippen LogP contribution in [0.3, 0.4) is 0 Å². The lowest BCUT2D eigenvalue weighted by molar-refractivity contribution is -0.0163. The quantitative estimate of drug-likeness (QED) is 0.732. The van der Waals surface area contributed by atoms with Crippen molar-refractivity contribution in [3.63, 3.8) is 0 Å². The second-order valence-electron chi connectivity index (χ2n) is 7.78. The molecule has 3 heterocycles. The molecule has 1 aliphatic heterocycles. The van der Waals surface area contributed by atoms with Crippen LogP contribution in [0.25, 0.3) is 0 Å². The Bertz CT molecular complexity index is 811. The molecule has 2 N–H and O–H groups in total. The lowest BCUT2D eigenvalue weighted by Gasteiger charge is -2.30. The molecule has 2 aromatic rings. The van der Waals surface area contributed by atoms with Gasteiger partial charge in [-0.25, -0.2) is 9.78 Å². The number of nitrogens with zero attached hydrogens (tertiary/aromatic N) is 4. The minimum atomic E-state index is -0.416. The van der Waals surface area contributed by atoms with Gasteiger partial charge in [-0.05, 0) is 45.1 Å². The van der Waals surface area contributed by atoms with Gasteiger partial charge in [-0.2, -0.15) is 0 Å². The molecule has 2 aromatic heterocycles. The number of amides is 1. The maximum absolute atomic E-state index is 12.4. The highest BCUT2D eigenvalue weighted by Crippen LogP contribution is 2.16. The smallest absolute Gasteiger partial charge is 0.393 e. The molecule has 0 unspecified atom stereocenters. The molecule has 156 valence electrons. The van der Waals surface area contributed by atoms with Gasteiger partial charge in [-0.3, -0.25) is 0 Å². The Labute approximate surface area is 175 Å². The fourth-order valence-corrected chi connectivity index (χ4v) is 3.21. The third-order valence-corrected chi connectivity index (χ3v) is 4.32. The first-order valence-corrected chi connectivity index (χ1v) is 9.88. The Morgan fingerprint density at radius 3 is 2.62 bits per heavy atom. The van der Waals surface area contributed by atoms with E-state index in [1.54, 1.807) is 41.7 Å². The second-order valence-corrected chi connectivity index (χ2v) is 8.19. The number of aromatic nitrogens is 3. The molecule has 0 aromatic carbocycles. The van der Waals surface area contributed by atoms with Gasteiger partial charge in [0.2, 0.25) is 5.88 Å². The van der Waals surface area contributed by atoms with Crippen molar-refractivity contribution in [3.05, 3.63) is 36.8 Å². The van der Waals surface area contributed by atoms with Gasteiger partial charge in [0.15, 0.2) is 5.11 Å². The van der Waals surface area contributed by atoms with Crippen molar-refractivity contribution in [2.75, 3.05) is 18.4 Å². The van der Waals surface area contributed by atoms with Gasteiger partial charge in [-0.1, -0.05) is 0 Å². The van der Waals surface area contributed by atoms with Gasteiger partial charge in [0.25, 0.3) is 0 Å². The lowest BCUT2D eigenvalue weighted by Crippen LogP contribution is -2.44. The molecule has 3 rings (SSSR count). The second kappa shape index (κ2) is 9.08. The van der Waals surface area contributed by atoms with E-state index < -0.39 is 6.09 Å². The van der Waals surface area contributed by atoms with Crippen molar-refractivity contribution < 1.29 is 14.4 Å². The van der Waals surface area contributed by atoms with Crippen LogP contribution in [-0.2, 0) is 0 Å². The predicted molar refractivity (Wildman–Crippen MR) is 113 cm³/mol. The van der Waals surface area contributed by atoms with E-state index >= 15 is 0 Å². The van der Waals surface area contributed by atoms with Crippen LogP contribution < -0.4 is 20.2 Å². The van der Waals surface area contributed by atoms with Gasteiger partial charge < -0.3 is 25.1 Å². The number of pyridine rings is 1. The van der Waals surface area contributed by atoms with Gasteiger partial charge in [-0.15, -0.1) is 9.94 Å². The Balaban J connectivity index is 1.44. The van der Waals surface area contributed by atoms with E-state index in [2.05, 4.69) is 20.7 Å². The fraction of sp³-hybridized carbons (Fsp3) is 0.474. The number of hydrogen-bond donors (Lipinski definition) is 2. The SMILES string of the molecule is CC(C)(C)NC(=S)Nc1ccc(OC(=O)N2CCC(On3cccn3)CC2)nc1. The molecule has 29 heavy (non-hydrogen) atoms. The van der Waals surface area contributed by atoms with Crippen LogP contribution in [0.2, 0.25) is 0 Å². The number of anilines is 1. The molecule has 0 bridgehead atoms. The summed E-state index contributed by atoms with van der Waals surface area (Å²) >= 11 is 5.26. The number of ether oxygens (including phenoxy) is 1. The molecule has 1 amide bonds. The van der Waals surface area contributed by atoms with E-state index in [-0.39, 0.29) is 17.5 Å². The summed E-state index contributed by atoms with van der Waals surface area (Å²) in [5, 5.41) is 10.7. The highest BCUT2D eigenvalue weighted by atomic mass is 32.1. The number of hydrogen-bond acceptors (Lipinski definition) is 6. The summed E-state index contributed by atoms with van der Waals surface area (Å²) < 4.78 is 5.38. The monoisotopic (exact) mass is 418 g/mol. The normalized spacial score (nSPS) is 14.9. The summed E-state index contributed by atoms with van der Waals surface area (Å²) in [7, 11) is 0. The largest absolute Gasteiger partial charge is 0.416 e. The zero-order valence-electron chi connectivity index (χ0n) is 16.8. The van der Waals surface area contributed by atoms with Gasteiger partial charge >= 0.3 is 6.09 Å². The molecule has 0 aliphatic carbocycles. The maximum atomic E-state index is 12.4. The molecule has 0 spiro atoms. The summed E-state index contributed by atoms with van der Waals surface area (Å²) in [6, 6.07) is 5.19. The van der Waals surface area contributed by atoms with E-state index in [0.29, 0.717) is 36.7 Å². The first-order chi connectivity index (χ1) is 13.8. The Morgan fingerprint density at radius 1 is 1.28 bits per heavy atom. The van der Waals surface area contributed by atoms with Crippen molar-refractivity contribution in [2.24, 2.45) is 0 Å². The lowest BCUT2D eigenvalue weighted by atomic mass is 10.1. The minimum absolute atomic E-state index is 0.0213. The van der Waals surface area contributed by atoms with Crippen LogP contribution in [-0.4, -0.2) is 55.8 Å². The number of nitrogens with one attached hydrogen (secondary N) is 2.